The van der Waals surface area contributed by atoms with E-state index >= 15 is 0 Å². The van der Waals surface area contributed by atoms with E-state index in [9.17, 15) is 0 Å². The molecule has 8 nitrogen and oxygen atoms in total. The Balaban J connectivity index is 1.75. The van der Waals surface area contributed by atoms with Gasteiger partial charge in [0, 0.05) is 13.1 Å². The number of methoxy groups -OCH3 is 1. The van der Waals surface area contributed by atoms with E-state index in [0.29, 0.717) is 30.5 Å². The summed E-state index contributed by atoms with van der Waals surface area (Å²) in [5, 5.41) is 6.50. The highest BCUT2D eigenvalue weighted by atomic mass is 16.5. The molecule has 126 valence electrons. The molecule has 0 bridgehead atoms. The molecule has 0 saturated heterocycles. The third-order valence-corrected chi connectivity index (χ3v) is 3.57. The van der Waals surface area contributed by atoms with Gasteiger partial charge in [-0.1, -0.05) is 12.1 Å². The fourth-order valence-corrected chi connectivity index (χ4v) is 2.27. The molecular weight excluding hydrogens is 306 g/mol. The van der Waals surface area contributed by atoms with Gasteiger partial charge in [0.15, 0.2) is 11.5 Å². The molecule has 3 aromatic rings. The maximum atomic E-state index is 5.51. The third kappa shape index (κ3) is 3.72. The number of nitrogens with zero attached hydrogens (tertiary/aromatic N) is 3. The largest absolute Gasteiger partial charge is 0.497 e. The molecule has 0 unspecified atom stereocenters. The van der Waals surface area contributed by atoms with Crippen molar-refractivity contribution < 1.29 is 4.74 Å². The van der Waals surface area contributed by atoms with Crippen LogP contribution in [0.4, 0.5) is 11.8 Å². The Bertz CT molecular complexity index is 785. The number of rotatable bonds is 8. The number of aromatic nitrogens is 4. The first-order chi connectivity index (χ1) is 11.8. The second kappa shape index (κ2) is 7.60. The number of fused-ring (bicyclic) bond motifs is 1. The van der Waals surface area contributed by atoms with Crippen molar-refractivity contribution in [1.82, 2.24) is 19.9 Å². The maximum absolute atomic E-state index is 5.51. The minimum atomic E-state index is 0.542. The molecule has 0 saturated carbocycles. The van der Waals surface area contributed by atoms with Crippen molar-refractivity contribution in [2.24, 2.45) is 5.73 Å². The monoisotopic (exact) mass is 327 g/mol. The number of anilines is 2. The maximum Gasteiger partial charge on any atom is 0.226 e. The Hall–Kier alpha value is -2.87. The van der Waals surface area contributed by atoms with Crippen molar-refractivity contribution in [2.45, 2.75) is 13.0 Å². The minimum absolute atomic E-state index is 0.542. The molecule has 0 aliphatic heterocycles. The van der Waals surface area contributed by atoms with E-state index in [2.05, 4.69) is 30.6 Å². The van der Waals surface area contributed by atoms with Crippen LogP contribution in [-0.4, -0.2) is 40.1 Å². The van der Waals surface area contributed by atoms with Crippen LogP contribution in [-0.2, 0) is 6.54 Å². The van der Waals surface area contributed by atoms with Gasteiger partial charge in [-0.3, -0.25) is 0 Å². The first-order valence-electron chi connectivity index (χ1n) is 7.82. The van der Waals surface area contributed by atoms with Crippen LogP contribution in [0.15, 0.2) is 30.6 Å². The molecule has 2 aromatic heterocycles. The Morgan fingerprint density at radius 3 is 2.75 bits per heavy atom. The molecule has 0 aliphatic rings. The zero-order chi connectivity index (χ0) is 16.8. The number of hydrogen-bond donors (Lipinski definition) is 4. The van der Waals surface area contributed by atoms with Crippen molar-refractivity contribution in [3.8, 4) is 5.75 Å². The SMILES string of the molecule is COc1ccc(CNc2nc(NCCCN)nc3nc[nH]c23)cc1. The van der Waals surface area contributed by atoms with Crippen LogP contribution in [0.2, 0.25) is 0 Å². The molecule has 5 N–H and O–H groups in total. The fourth-order valence-electron chi connectivity index (χ4n) is 2.27. The van der Waals surface area contributed by atoms with Crippen LogP contribution < -0.4 is 21.1 Å². The fraction of sp³-hybridized carbons (Fsp3) is 0.312. The summed E-state index contributed by atoms with van der Waals surface area (Å²) in [7, 11) is 1.66. The summed E-state index contributed by atoms with van der Waals surface area (Å²) < 4.78 is 5.17. The van der Waals surface area contributed by atoms with Gasteiger partial charge >= 0.3 is 0 Å². The molecule has 0 aliphatic carbocycles. The van der Waals surface area contributed by atoms with E-state index in [4.69, 9.17) is 10.5 Å². The summed E-state index contributed by atoms with van der Waals surface area (Å²) in [6.45, 7) is 1.99. The highest BCUT2D eigenvalue weighted by molar-refractivity contribution is 5.83. The van der Waals surface area contributed by atoms with Crippen LogP contribution in [0, 0.1) is 0 Å². The van der Waals surface area contributed by atoms with Crippen molar-refractivity contribution in [3.05, 3.63) is 36.2 Å². The summed E-state index contributed by atoms with van der Waals surface area (Å²) in [4.78, 5) is 16.2. The molecular formula is C16H21N7O. The average Bonchev–Trinajstić information content (AvgIpc) is 3.09. The van der Waals surface area contributed by atoms with Gasteiger partial charge in [0.25, 0.3) is 0 Å². The molecule has 24 heavy (non-hydrogen) atoms. The average molecular weight is 327 g/mol. The van der Waals surface area contributed by atoms with Crippen molar-refractivity contribution in [2.75, 3.05) is 30.8 Å². The quantitative estimate of drug-likeness (QED) is 0.466. The van der Waals surface area contributed by atoms with Crippen LogP contribution in [0.5, 0.6) is 5.75 Å². The van der Waals surface area contributed by atoms with E-state index in [1.807, 2.05) is 24.3 Å². The predicted octanol–water partition coefficient (Wildman–Crippen LogP) is 1.73. The van der Waals surface area contributed by atoms with Gasteiger partial charge in [-0.05, 0) is 30.7 Å². The first kappa shape index (κ1) is 16.0. The van der Waals surface area contributed by atoms with Gasteiger partial charge in [-0.15, -0.1) is 0 Å². The lowest BCUT2D eigenvalue weighted by molar-refractivity contribution is 0.414. The summed E-state index contributed by atoms with van der Waals surface area (Å²) in [5.41, 5.74) is 8.04. The number of imidazole rings is 1. The Kier molecular flexibility index (Phi) is 5.07. The molecule has 0 spiro atoms. The topological polar surface area (TPSA) is 114 Å². The number of benzene rings is 1. The van der Waals surface area contributed by atoms with Gasteiger partial charge in [0.05, 0.1) is 13.4 Å². The number of nitrogens with one attached hydrogen (secondary N) is 3. The molecule has 0 amide bonds. The molecule has 1 aromatic carbocycles. The van der Waals surface area contributed by atoms with Gasteiger partial charge in [-0.2, -0.15) is 9.97 Å². The van der Waals surface area contributed by atoms with Gasteiger partial charge in [-0.25, -0.2) is 4.98 Å². The highest BCUT2D eigenvalue weighted by Gasteiger charge is 2.09. The molecule has 0 fully saturated rings. The number of nitrogens with two attached hydrogens (primary N) is 1. The number of H-pyrrole nitrogens is 1. The second-order valence-electron chi connectivity index (χ2n) is 5.27. The van der Waals surface area contributed by atoms with E-state index in [0.717, 1.165) is 29.8 Å². The van der Waals surface area contributed by atoms with E-state index in [1.54, 1.807) is 13.4 Å². The number of hydrogen-bond acceptors (Lipinski definition) is 7. The standard InChI is InChI=1S/C16H21N7O/c1-24-12-5-3-11(4-6-12)9-19-14-13-15(21-10-20-13)23-16(22-14)18-8-2-7-17/h3-6,10H,2,7-9,17H2,1H3,(H3,18,19,20,21,22,23). The second-order valence-corrected chi connectivity index (χ2v) is 5.27. The molecule has 3 rings (SSSR count). The lowest BCUT2D eigenvalue weighted by Crippen LogP contribution is -2.12. The van der Waals surface area contributed by atoms with Crippen LogP contribution in [0.3, 0.4) is 0 Å². The Morgan fingerprint density at radius 2 is 2.00 bits per heavy atom. The van der Waals surface area contributed by atoms with Gasteiger partial charge in [0.2, 0.25) is 5.95 Å². The lowest BCUT2D eigenvalue weighted by Gasteiger charge is -2.10. The number of aromatic amines is 1. The molecule has 0 atom stereocenters. The van der Waals surface area contributed by atoms with Crippen molar-refractivity contribution >= 4 is 22.9 Å². The Labute approximate surface area is 139 Å². The summed E-state index contributed by atoms with van der Waals surface area (Å²) in [6.07, 6.45) is 2.47. The highest BCUT2D eigenvalue weighted by Crippen LogP contribution is 2.20. The minimum Gasteiger partial charge on any atom is -0.497 e. The molecule has 0 radical (unpaired) electrons. The van der Waals surface area contributed by atoms with Crippen LogP contribution in [0.25, 0.3) is 11.2 Å². The van der Waals surface area contributed by atoms with Crippen LogP contribution in [0.1, 0.15) is 12.0 Å². The zero-order valence-electron chi connectivity index (χ0n) is 13.5. The van der Waals surface area contributed by atoms with Crippen molar-refractivity contribution in [1.29, 1.82) is 0 Å². The lowest BCUT2D eigenvalue weighted by atomic mass is 10.2. The normalized spacial score (nSPS) is 10.8. The molecule has 8 heteroatoms. The summed E-state index contributed by atoms with van der Waals surface area (Å²) in [6, 6.07) is 7.89. The first-order valence-corrected chi connectivity index (χ1v) is 7.82. The molecule has 2 heterocycles. The zero-order valence-corrected chi connectivity index (χ0v) is 13.5. The van der Waals surface area contributed by atoms with E-state index < -0.39 is 0 Å². The van der Waals surface area contributed by atoms with Gasteiger partial charge in [0.1, 0.15) is 11.3 Å². The van der Waals surface area contributed by atoms with E-state index in [-0.39, 0.29) is 0 Å². The predicted molar refractivity (Wildman–Crippen MR) is 94.2 cm³/mol. The van der Waals surface area contributed by atoms with Crippen LogP contribution >= 0.6 is 0 Å². The smallest absolute Gasteiger partial charge is 0.226 e. The summed E-state index contributed by atoms with van der Waals surface area (Å²) >= 11 is 0. The van der Waals surface area contributed by atoms with E-state index in [1.165, 1.54) is 0 Å². The van der Waals surface area contributed by atoms with Gasteiger partial charge < -0.3 is 26.1 Å². The Morgan fingerprint density at radius 1 is 1.17 bits per heavy atom. The number of ether oxygens (including phenoxy) is 1. The van der Waals surface area contributed by atoms with Crippen molar-refractivity contribution in [3.63, 3.8) is 0 Å². The summed E-state index contributed by atoms with van der Waals surface area (Å²) in [5.74, 6) is 2.09. The third-order valence-electron chi connectivity index (χ3n) is 3.57.